The number of benzene rings is 2. The number of anilines is 2. The first-order valence-corrected chi connectivity index (χ1v) is 21.7. The van der Waals surface area contributed by atoms with Gasteiger partial charge in [-0.15, -0.1) is 23.5 Å². The van der Waals surface area contributed by atoms with E-state index in [1.54, 1.807) is 23.5 Å². The summed E-state index contributed by atoms with van der Waals surface area (Å²) >= 11 is 3.22. The Bertz CT molecular complexity index is 2060. The van der Waals surface area contributed by atoms with Crippen LogP contribution in [0.2, 0.25) is 0 Å². The summed E-state index contributed by atoms with van der Waals surface area (Å²) in [6.45, 7) is 5.37. The zero-order valence-corrected chi connectivity index (χ0v) is 32.8. The highest BCUT2D eigenvalue weighted by Crippen LogP contribution is 2.37. The third-order valence-corrected chi connectivity index (χ3v) is 12.8. The minimum absolute atomic E-state index is 0.0512. The minimum Gasteiger partial charge on any atom is -0.494 e. The Morgan fingerprint density at radius 3 is 1.65 bits per heavy atom. The summed E-state index contributed by atoms with van der Waals surface area (Å²) < 4.78 is 17.2. The van der Waals surface area contributed by atoms with E-state index in [1.165, 1.54) is 51.4 Å². The zero-order chi connectivity index (χ0) is 37.0. The van der Waals surface area contributed by atoms with Gasteiger partial charge >= 0.3 is 11.9 Å². The second-order valence-corrected chi connectivity index (χ2v) is 16.8. The maximum atomic E-state index is 12.9. The summed E-state index contributed by atoms with van der Waals surface area (Å²) in [4.78, 5) is 42.7. The van der Waals surface area contributed by atoms with Crippen LogP contribution in [0.1, 0.15) is 95.9 Å². The van der Waals surface area contributed by atoms with Crippen LogP contribution in [0.5, 0.6) is 11.5 Å². The number of esters is 2. The standard InChI is InChI=1S/C41H50N6O5S2/c1-3-13-51-31-15-25-17-35(47-39(25)33(21-31)43-27-11-7-8-12-27)41-45-29(23-54-41)19-37(49)52-36(48)18-28-22-53-40(44-28)34-16-24-14-30(50-4-2)20-32(38(24)46-34)42-26-9-5-6-10-26/h14-17,20-21,26-29,42-43,46-47H,3-13,18-19,22-23H2,1-2H3. The number of carbonyl (C=O) groups is 2. The summed E-state index contributed by atoms with van der Waals surface area (Å²) in [5.41, 5.74) is 6.00. The van der Waals surface area contributed by atoms with Crippen molar-refractivity contribution >= 4 is 78.7 Å². The molecule has 11 nitrogen and oxygen atoms in total. The molecule has 4 heterocycles. The summed E-state index contributed by atoms with van der Waals surface area (Å²) in [5.74, 6) is 1.89. The average Bonchev–Trinajstić information content (AvgIpc) is 3.99. The first-order chi connectivity index (χ1) is 26.4. The first-order valence-electron chi connectivity index (χ1n) is 19.7. The number of carbonyl (C=O) groups excluding carboxylic acids is 2. The van der Waals surface area contributed by atoms with Crippen LogP contribution < -0.4 is 20.1 Å². The molecule has 13 heteroatoms. The van der Waals surface area contributed by atoms with Crippen LogP contribution in [-0.2, 0) is 14.3 Å². The van der Waals surface area contributed by atoms with Crippen LogP contribution in [0.15, 0.2) is 46.4 Å². The summed E-state index contributed by atoms with van der Waals surface area (Å²) in [6, 6.07) is 12.9. The molecule has 2 saturated carbocycles. The lowest BCUT2D eigenvalue weighted by molar-refractivity contribution is -0.159. The number of H-pyrrole nitrogens is 2. The van der Waals surface area contributed by atoms with Crippen LogP contribution in [0, 0.1) is 0 Å². The molecule has 2 aromatic carbocycles. The average molecular weight is 771 g/mol. The topological polar surface area (TPSA) is 142 Å². The van der Waals surface area contributed by atoms with Crippen molar-refractivity contribution in [2.75, 3.05) is 35.4 Å². The van der Waals surface area contributed by atoms with Crippen molar-refractivity contribution in [3.63, 3.8) is 0 Å². The first kappa shape index (κ1) is 36.9. The largest absolute Gasteiger partial charge is 0.494 e. The minimum atomic E-state index is -0.550. The second-order valence-electron chi connectivity index (χ2n) is 14.8. The van der Waals surface area contributed by atoms with Gasteiger partial charge in [0.1, 0.15) is 21.6 Å². The summed E-state index contributed by atoms with van der Waals surface area (Å²) in [6.07, 6.45) is 10.7. The number of aliphatic imine (C=N–C) groups is 2. The van der Waals surface area contributed by atoms with E-state index in [4.69, 9.17) is 24.2 Å². The van der Waals surface area contributed by atoms with Crippen LogP contribution in [0.3, 0.4) is 0 Å². The Balaban J connectivity index is 0.880. The van der Waals surface area contributed by atoms with Crippen molar-refractivity contribution in [1.82, 2.24) is 9.97 Å². The van der Waals surface area contributed by atoms with Gasteiger partial charge in [0.15, 0.2) is 0 Å². The fraction of sp³-hybridized carbons (Fsp3) is 0.512. The summed E-state index contributed by atoms with van der Waals surface area (Å²) in [7, 11) is 0. The molecule has 0 spiro atoms. The quantitative estimate of drug-likeness (QED) is 0.0689. The molecule has 2 fully saturated rings. The van der Waals surface area contributed by atoms with E-state index in [9.17, 15) is 9.59 Å². The second kappa shape index (κ2) is 16.7. The molecule has 0 saturated heterocycles. The van der Waals surface area contributed by atoms with Gasteiger partial charge in [-0.05, 0) is 63.3 Å². The number of ether oxygens (including phenoxy) is 3. The van der Waals surface area contributed by atoms with Gasteiger partial charge in [0, 0.05) is 46.5 Å². The molecular formula is C41H50N6O5S2. The fourth-order valence-corrected chi connectivity index (χ4v) is 10.0. The molecule has 2 atom stereocenters. The van der Waals surface area contributed by atoms with Gasteiger partial charge in [-0.2, -0.15) is 0 Å². The van der Waals surface area contributed by atoms with E-state index >= 15 is 0 Å². The number of rotatable bonds is 15. The Kier molecular flexibility index (Phi) is 11.4. The van der Waals surface area contributed by atoms with Crippen molar-refractivity contribution in [2.24, 2.45) is 9.98 Å². The molecule has 2 unspecified atom stereocenters. The monoisotopic (exact) mass is 770 g/mol. The maximum absolute atomic E-state index is 12.9. The summed E-state index contributed by atoms with van der Waals surface area (Å²) in [5, 5.41) is 11.3. The molecule has 2 aliphatic heterocycles. The van der Waals surface area contributed by atoms with Crippen LogP contribution >= 0.6 is 23.5 Å². The van der Waals surface area contributed by atoms with E-state index in [1.807, 2.05) is 6.92 Å². The number of aromatic nitrogens is 2. The Morgan fingerprint density at radius 2 is 1.19 bits per heavy atom. The number of aromatic amines is 2. The number of hydrogen-bond acceptors (Lipinski definition) is 11. The Hall–Kier alpha value is -4.10. The molecule has 8 rings (SSSR count). The number of hydrogen-bond donors (Lipinski definition) is 4. The van der Waals surface area contributed by atoms with E-state index < -0.39 is 11.9 Å². The van der Waals surface area contributed by atoms with Gasteiger partial charge in [0.25, 0.3) is 0 Å². The van der Waals surface area contributed by atoms with E-state index in [0.29, 0.717) is 36.8 Å². The molecule has 4 aromatic rings. The van der Waals surface area contributed by atoms with Crippen LogP contribution in [0.4, 0.5) is 11.4 Å². The highest BCUT2D eigenvalue weighted by molar-refractivity contribution is 8.15. The van der Waals surface area contributed by atoms with Gasteiger partial charge < -0.3 is 34.8 Å². The number of nitrogens with zero attached hydrogens (tertiary/aromatic N) is 2. The molecule has 4 N–H and O–H groups in total. The molecule has 2 aliphatic carbocycles. The maximum Gasteiger partial charge on any atom is 0.315 e. The molecule has 54 heavy (non-hydrogen) atoms. The third-order valence-electron chi connectivity index (χ3n) is 10.5. The Labute approximate surface area is 324 Å². The van der Waals surface area contributed by atoms with E-state index in [0.717, 1.165) is 72.6 Å². The van der Waals surface area contributed by atoms with Gasteiger partial charge in [-0.3, -0.25) is 19.6 Å². The lowest BCUT2D eigenvalue weighted by Gasteiger charge is -2.16. The van der Waals surface area contributed by atoms with Crippen LogP contribution in [0.25, 0.3) is 21.8 Å². The van der Waals surface area contributed by atoms with Crippen molar-refractivity contribution in [2.45, 2.75) is 109 Å². The number of nitrogens with one attached hydrogen (secondary N) is 4. The van der Waals surface area contributed by atoms with Crippen molar-refractivity contribution in [1.29, 1.82) is 0 Å². The predicted molar refractivity (Wildman–Crippen MR) is 221 cm³/mol. The van der Waals surface area contributed by atoms with Crippen molar-refractivity contribution in [3.8, 4) is 11.5 Å². The number of thioether (sulfide) groups is 2. The molecule has 2 aromatic heterocycles. The van der Waals surface area contributed by atoms with Gasteiger partial charge in [-0.1, -0.05) is 32.6 Å². The highest BCUT2D eigenvalue weighted by Gasteiger charge is 2.29. The molecule has 4 aliphatic rings. The smallest absolute Gasteiger partial charge is 0.315 e. The molecule has 286 valence electrons. The molecule has 0 amide bonds. The molecule has 0 radical (unpaired) electrons. The molecule has 0 bridgehead atoms. The number of fused-ring (bicyclic) bond motifs is 2. The predicted octanol–water partition coefficient (Wildman–Crippen LogP) is 8.82. The van der Waals surface area contributed by atoms with Crippen molar-refractivity contribution < 1.29 is 23.8 Å². The third kappa shape index (κ3) is 8.57. The van der Waals surface area contributed by atoms with Crippen molar-refractivity contribution in [3.05, 3.63) is 47.8 Å². The SMILES string of the molecule is CCCOc1cc(NC2CCCC2)c2[nH]c(C3=NC(CC(=O)OC(=O)CC4CSC(c5cc6cc(OCC)cc(NC7CCCC7)c6[nH]5)=N4)CS3)cc2c1. The zero-order valence-electron chi connectivity index (χ0n) is 31.1. The van der Waals surface area contributed by atoms with E-state index in [2.05, 4.69) is 63.9 Å². The van der Waals surface area contributed by atoms with Gasteiger partial charge in [0.2, 0.25) is 0 Å². The Morgan fingerprint density at radius 1 is 0.704 bits per heavy atom. The van der Waals surface area contributed by atoms with Crippen LogP contribution in [-0.4, -0.2) is 80.9 Å². The molecular weight excluding hydrogens is 721 g/mol. The lowest BCUT2D eigenvalue weighted by atomic mass is 10.1. The normalized spacial score (nSPS) is 20.5. The van der Waals surface area contributed by atoms with Gasteiger partial charge in [-0.25, -0.2) is 0 Å². The highest BCUT2D eigenvalue weighted by atomic mass is 32.2. The fourth-order valence-electron chi connectivity index (χ4n) is 7.95. The van der Waals surface area contributed by atoms with E-state index in [-0.39, 0.29) is 24.9 Å². The lowest BCUT2D eigenvalue weighted by Crippen LogP contribution is -2.21. The van der Waals surface area contributed by atoms with Gasteiger partial charge in [0.05, 0.1) is 71.9 Å².